The van der Waals surface area contributed by atoms with E-state index in [1.54, 1.807) is 19.5 Å². The van der Waals surface area contributed by atoms with E-state index in [1.165, 1.54) is 7.11 Å². The molecule has 1 aromatic carbocycles. The number of hydrogen-bond acceptors (Lipinski definition) is 5. The highest BCUT2D eigenvalue weighted by Gasteiger charge is 2.13. The first-order valence-electron chi connectivity index (χ1n) is 6.75. The Bertz CT molecular complexity index is 793. The summed E-state index contributed by atoms with van der Waals surface area (Å²) in [4.78, 5) is 23.2. The quantitative estimate of drug-likeness (QED) is 0.748. The Hall–Kier alpha value is -2.89. The number of fused-ring (bicyclic) bond motifs is 1. The van der Waals surface area contributed by atoms with Crippen LogP contribution in [0.5, 0.6) is 5.75 Å². The monoisotopic (exact) mass is 297 g/mol. The summed E-state index contributed by atoms with van der Waals surface area (Å²) in [7, 11) is 2.96. The van der Waals surface area contributed by atoms with Crippen molar-refractivity contribution >= 4 is 17.0 Å². The Kier molecular flexibility index (Phi) is 3.74. The lowest BCUT2D eigenvalue weighted by molar-refractivity contribution is -0.139. The zero-order valence-electron chi connectivity index (χ0n) is 12.3. The first-order valence-corrected chi connectivity index (χ1v) is 6.75. The Balaban J connectivity index is 2.01. The van der Waals surface area contributed by atoms with Crippen molar-refractivity contribution in [2.75, 3.05) is 14.2 Å². The second-order valence-electron chi connectivity index (χ2n) is 4.77. The normalized spacial score (nSPS) is 10.6. The highest BCUT2D eigenvalue weighted by molar-refractivity contribution is 5.80. The molecule has 0 aliphatic rings. The van der Waals surface area contributed by atoms with Crippen molar-refractivity contribution in [1.82, 2.24) is 15.0 Å². The largest absolute Gasteiger partial charge is 0.496 e. The molecule has 0 saturated heterocycles. The van der Waals surface area contributed by atoms with Gasteiger partial charge in [0.25, 0.3) is 0 Å². The number of carbonyl (C=O) groups is 1. The van der Waals surface area contributed by atoms with E-state index in [0.29, 0.717) is 11.6 Å². The summed E-state index contributed by atoms with van der Waals surface area (Å²) in [5, 5.41) is 0. The fourth-order valence-electron chi connectivity index (χ4n) is 2.26. The number of aromatic amines is 1. The third-order valence-electron chi connectivity index (χ3n) is 3.38. The molecule has 0 aliphatic carbocycles. The number of nitrogens with zero attached hydrogens (tertiary/aromatic N) is 2. The van der Waals surface area contributed by atoms with Gasteiger partial charge in [0, 0.05) is 6.20 Å². The molecule has 3 aromatic rings. The van der Waals surface area contributed by atoms with Gasteiger partial charge in [-0.2, -0.15) is 0 Å². The van der Waals surface area contributed by atoms with Crippen LogP contribution in [0.3, 0.4) is 0 Å². The van der Waals surface area contributed by atoms with Crippen LogP contribution >= 0.6 is 0 Å². The summed E-state index contributed by atoms with van der Waals surface area (Å²) in [5.41, 5.74) is 3.35. The number of benzene rings is 1. The van der Waals surface area contributed by atoms with Gasteiger partial charge >= 0.3 is 5.97 Å². The van der Waals surface area contributed by atoms with Crippen LogP contribution in [0.1, 0.15) is 5.56 Å². The molecule has 112 valence electrons. The number of methoxy groups -OCH3 is 2. The summed E-state index contributed by atoms with van der Waals surface area (Å²) in [6.45, 7) is 0. The Morgan fingerprint density at radius 1 is 1.27 bits per heavy atom. The van der Waals surface area contributed by atoms with E-state index in [1.807, 2.05) is 24.3 Å². The number of ether oxygens (including phenoxy) is 2. The topological polar surface area (TPSA) is 77.1 Å². The fraction of sp³-hybridized carbons (Fsp3) is 0.188. The smallest absolute Gasteiger partial charge is 0.309 e. The molecule has 0 spiro atoms. The van der Waals surface area contributed by atoms with E-state index >= 15 is 0 Å². The number of imidazole rings is 1. The molecule has 22 heavy (non-hydrogen) atoms. The van der Waals surface area contributed by atoms with Crippen LogP contribution in [0, 0.1) is 0 Å². The molecule has 0 aliphatic heterocycles. The molecular weight excluding hydrogens is 282 g/mol. The second-order valence-corrected chi connectivity index (χ2v) is 4.77. The van der Waals surface area contributed by atoms with Crippen molar-refractivity contribution in [2.45, 2.75) is 6.42 Å². The average Bonchev–Trinajstić information content (AvgIpc) is 2.98. The summed E-state index contributed by atoms with van der Waals surface area (Å²) < 4.78 is 10.1. The van der Waals surface area contributed by atoms with Gasteiger partial charge in [-0.1, -0.05) is 6.07 Å². The van der Waals surface area contributed by atoms with Crippen LogP contribution in [-0.2, 0) is 16.0 Å². The minimum Gasteiger partial charge on any atom is -0.496 e. The highest BCUT2D eigenvalue weighted by Crippen LogP contribution is 2.30. The maximum absolute atomic E-state index is 11.4. The highest BCUT2D eigenvalue weighted by atomic mass is 16.5. The molecule has 6 nitrogen and oxygen atoms in total. The maximum atomic E-state index is 11.4. The number of rotatable bonds is 4. The lowest BCUT2D eigenvalue weighted by atomic mass is 10.1. The number of aromatic nitrogens is 3. The van der Waals surface area contributed by atoms with Gasteiger partial charge < -0.3 is 14.5 Å². The van der Waals surface area contributed by atoms with E-state index in [4.69, 9.17) is 4.74 Å². The Morgan fingerprint density at radius 2 is 2.14 bits per heavy atom. The summed E-state index contributed by atoms with van der Waals surface area (Å²) in [5.74, 6) is 1.06. The molecule has 0 amide bonds. The van der Waals surface area contributed by atoms with Crippen molar-refractivity contribution in [2.24, 2.45) is 0 Å². The van der Waals surface area contributed by atoms with Crippen molar-refractivity contribution in [3.05, 3.63) is 42.2 Å². The minimum atomic E-state index is -0.287. The lowest BCUT2D eigenvalue weighted by Crippen LogP contribution is -2.04. The lowest BCUT2D eigenvalue weighted by Gasteiger charge is -2.08. The van der Waals surface area contributed by atoms with Gasteiger partial charge in [0.2, 0.25) is 0 Å². The van der Waals surface area contributed by atoms with Gasteiger partial charge in [0.05, 0.1) is 43.4 Å². The predicted molar refractivity (Wildman–Crippen MR) is 81.6 cm³/mol. The van der Waals surface area contributed by atoms with Gasteiger partial charge in [-0.05, 0) is 23.8 Å². The van der Waals surface area contributed by atoms with Gasteiger partial charge in [0.1, 0.15) is 11.6 Å². The SMILES string of the molecule is COC(=O)Cc1ccc(-c2nc3ccncc3[nH]2)c(OC)c1. The standard InChI is InChI=1S/C16H15N3O3/c1-21-14-7-10(8-15(20)22-2)3-4-11(14)16-18-12-5-6-17-9-13(12)19-16/h3-7,9H,8H2,1-2H3,(H,18,19). The van der Waals surface area contributed by atoms with Crippen molar-refractivity contribution < 1.29 is 14.3 Å². The molecule has 0 bridgehead atoms. The van der Waals surface area contributed by atoms with Crippen LogP contribution in [0.15, 0.2) is 36.7 Å². The number of pyridine rings is 1. The Labute approximate surface area is 127 Å². The molecule has 1 N–H and O–H groups in total. The van der Waals surface area contributed by atoms with E-state index < -0.39 is 0 Å². The predicted octanol–water partition coefficient (Wildman–Crippen LogP) is 2.35. The number of H-pyrrole nitrogens is 1. The first-order chi connectivity index (χ1) is 10.7. The van der Waals surface area contributed by atoms with Crippen LogP contribution in [-0.4, -0.2) is 35.1 Å². The first kappa shape index (κ1) is 14.1. The van der Waals surface area contributed by atoms with Crippen molar-refractivity contribution in [1.29, 1.82) is 0 Å². The summed E-state index contributed by atoms with van der Waals surface area (Å²) >= 11 is 0. The Morgan fingerprint density at radius 3 is 2.86 bits per heavy atom. The van der Waals surface area contributed by atoms with Crippen molar-refractivity contribution in [3.8, 4) is 17.1 Å². The maximum Gasteiger partial charge on any atom is 0.309 e. The molecule has 0 saturated carbocycles. The minimum absolute atomic E-state index is 0.206. The summed E-state index contributed by atoms with van der Waals surface area (Å²) in [6.07, 6.45) is 3.63. The molecule has 0 radical (unpaired) electrons. The van der Waals surface area contributed by atoms with Gasteiger partial charge in [-0.25, -0.2) is 4.98 Å². The van der Waals surface area contributed by atoms with Crippen LogP contribution < -0.4 is 4.74 Å². The number of esters is 1. The second kappa shape index (κ2) is 5.85. The van der Waals surface area contributed by atoms with Gasteiger partial charge in [-0.15, -0.1) is 0 Å². The van der Waals surface area contributed by atoms with E-state index in [9.17, 15) is 4.79 Å². The molecule has 3 rings (SSSR count). The average molecular weight is 297 g/mol. The molecule has 2 heterocycles. The number of hydrogen-bond donors (Lipinski definition) is 1. The van der Waals surface area contributed by atoms with Gasteiger partial charge in [0.15, 0.2) is 0 Å². The van der Waals surface area contributed by atoms with Gasteiger partial charge in [-0.3, -0.25) is 9.78 Å². The zero-order valence-corrected chi connectivity index (χ0v) is 12.3. The zero-order chi connectivity index (χ0) is 15.5. The summed E-state index contributed by atoms with van der Waals surface area (Å²) in [6, 6.07) is 7.40. The molecule has 2 aromatic heterocycles. The fourth-order valence-corrected chi connectivity index (χ4v) is 2.26. The van der Waals surface area contributed by atoms with E-state index in [0.717, 1.165) is 22.2 Å². The third kappa shape index (κ3) is 2.63. The molecule has 6 heteroatoms. The van der Waals surface area contributed by atoms with Crippen LogP contribution in [0.2, 0.25) is 0 Å². The van der Waals surface area contributed by atoms with E-state index in [2.05, 4.69) is 19.7 Å². The molecule has 0 atom stereocenters. The molecule has 0 unspecified atom stereocenters. The van der Waals surface area contributed by atoms with E-state index in [-0.39, 0.29) is 12.4 Å². The molecular formula is C16H15N3O3. The van der Waals surface area contributed by atoms with Crippen LogP contribution in [0.25, 0.3) is 22.4 Å². The number of carbonyl (C=O) groups excluding carboxylic acids is 1. The molecule has 0 fully saturated rings. The van der Waals surface area contributed by atoms with Crippen LogP contribution in [0.4, 0.5) is 0 Å². The number of nitrogens with one attached hydrogen (secondary N) is 1. The van der Waals surface area contributed by atoms with Crippen molar-refractivity contribution in [3.63, 3.8) is 0 Å². The third-order valence-corrected chi connectivity index (χ3v) is 3.38.